The van der Waals surface area contributed by atoms with Gasteiger partial charge in [0, 0.05) is 24.4 Å². The Labute approximate surface area is 117 Å². The van der Waals surface area contributed by atoms with Crippen molar-refractivity contribution in [3.8, 4) is 0 Å². The molecule has 1 N–H and O–H groups in total. The highest BCUT2D eigenvalue weighted by Gasteiger charge is 2.36. The largest absolute Gasteiger partial charge is 0.468 e. The summed E-state index contributed by atoms with van der Waals surface area (Å²) >= 11 is 1.70. The molecule has 0 radical (unpaired) electrons. The fourth-order valence-corrected chi connectivity index (χ4v) is 2.81. The number of hydrogen-bond acceptors (Lipinski definition) is 5. The molecule has 1 saturated heterocycles. The van der Waals surface area contributed by atoms with Crippen molar-refractivity contribution in [2.75, 3.05) is 19.9 Å². The third-order valence-corrected chi connectivity index (χ3v) is 4.14. The van der Waals surface area contributed by atoms with Gasteiger partial charge < -0.3 is 9.84 Å². The normalized spacial score (nSPS) is 23.5. The fraction of sp³-hybridized carbons (Fsp3) is 0.500. The highest BCUT2D eigenvalue weighted by molar-refractivity contribution is 7.98. The third kappa shape index (κ3) is 3.49. The van der Waals surface area contributed by atoms with Gasteiger partial charge in [0.2, 0.25) is 0 Å². The molecule has 1 aromatic rings. The van der Waals surface area contributed by atoms with Gasteiger partial charge in [-0.15, -0.1) is 11.8 Å². The molecule has 4 nitrogen and oxygen atoms in total. The first-order valence-electron chi connectivity index (χ1n) is 6.27. The lowest BCUT2D eigenvalue weighted by Gasteiger charge is -2.22. The lowest BCUT2D eigenvalue weighted by Crippen LogP contribution is -2.36. The molecular weight excluding hydrogens is 262 g/mol. The standard InChI is InChI=1S/C14H19NO3S/c1-18-14(17)13-7-11(16)9-15(13)8-10-3-5-12(19-2)6-4-10/h3-6,11,13,16H,7-9H2,1-2H3. The molecule has 0 aliphatic carbocycles. The Bertz CT molecular complexity index is 435. The molecule has 0 spiro atoms. The zero-order valence-corrected chi connectivity index (χ0v) is 12.0. The van der Waals surface area contributed by atoms with E-state index < -0.39 is 6.10 Å². The summed E-state index contributed by atoms with van der Waals surface area (Å²) in [6, 6.07) is 7.93. The fourth-order valence-electron chi connectivity index (χ4n) is 2.40. The minimum atomic E-state index is -0.449. The van der Waals surface area contributed by atoms with Gasteiger partial charge in [-0.1, -0.05) is 12.1 Å². The molecule has 2 unspecified atom stereocenters. The van der Waals surface area contributed by atoms with Crippen LogP contribution in [0, 0.1) is 0 Å². The van der Waals surface area contributed by atoms with E-state index >= 15 is 0 Å². The molecule has 1 heterocycles. The van der Waals surface area contributed by atoms with Crippen LogP contribution in [0.3, 0.4) is 0 Å². The average molecular weight is 281 g/mol. The number of rotatable bonds is 4. The zero-order chi connectivity index (χ0) is 13.8. The summed E-state index contributed by atoms with van der Waals surface area (Å²) in [6.45, 7) is 1.18. The number of β-amino-alcohol motifs (C(OH)–C–C–N with tert-alkyl or cyclic N) is 1. The summed E-state index contributed by atoms with van der Waals surface area (Å²) in [7, 11) is 1.39. The van der Waals surface area contributed by atoms with Crippen molar-refractivity contribution < 1.29 is 14.6 Å². The van der Waals surface area contributed by atoms with E-state index in [-0.39, 0.29) is 12.0 Å². The second-order valence-electron chi connectivity index (χ2n) is 4.71. The van der Waals surface area contributed by atoms with Crippen LogP contribution < -0.4 is 0 Å². The van der Waals surface area contributed by atoms with Gasteiger partial charge in [-0.3, -0.25) is 9.69 Å². The summed E-state index contributed by atoms with van der Waals surface area (Å²) < 4.78 is 4.79. The predicted molar refractivity (Wildman–Crippen MR) is 75.1 cm³/mol. The monoisotopic (exact) mass is 281 g/mol. The third-order valence-electron chi connectivity index (χ3n) is 3.40. The molecule has 0 aromatic heterocycles. The first-order chi connectivity index (χ1) is 9.13. The lowest BCUT2D eigenvalue weighted by molar-refractivity contribution is -0.146. The number of thioether (sulfide) groups is 1. The summed E-state index contributed by atoms with van der Waals surface area (Å²) in [5.74, 6) is -0.266. The maximum Gasteiger partial charge on any atom is 0.323 e. The first-order valence-corrected chi connectivity index (χ1v) is 7.49. The Morgan fingerprint density at radius 1 is 1.47 bits per heavy atom. The van der Waals surface area contributed by atoms with E-state index in [0.717, 1.165) is 5.56 Å². The van der Waals surface area contributed by atoms with Gasteiger partial charge >= 0.3 is 5.97 Å². The number of benzene rings is 1. The van der Waals surface area contributed by atoms with Crippen molar-refractivity contribution in [3.05, 3.63) is 29.8 Å². The van der Waals surface area contributed by atoms with E-state index in [2.05, 4.69) is 24.3 Å². The van der Waals surface area contributed by atoms with Gasteiger partial charge in [0.05, 0.1) is 13.2 Å². The van der Waals surface area contributed by atoms with E-state index in [1.165, 1.54) is 12.0 Å². The van der Waals surface area contributed by atoms with Gasteiger partial charge in [0.1, 0.15) is 6.04 Å². The van der Waals surface area contributed by atoms with Crippen LogP contribution in [-0.4, -0.2) is 48.0 Å². The first kappa shape index (κ1) is 14.4. The Kier molecular flexibility index (Phi) is 4.85. The van der Waals surface area contributed by atoms with Crippen LogP contribution in [0.4, 0.5) is 0 Å². The van der Waals surface area contributed by atoms with Crippen molar-refractivity contribution in [1.82, 2.24) is 4.90 Å². The molecule has 1 fully saturated rings. The number of hydrogen-bond donors (Lipinski definition) is 1. The molecule has 2 atom stereocenters. The average Bonchev–Trinajstić information content (AvgIpc) is 2.79. The van der Waals surface area contributed by atoms with E-state index in [4.69, 9.17) is 4.74 Å². The Morgan fingerprint density at radius 3 is 2.74 bits per heavy atom. The second kappa shape index (κ2) is 6.41. The van der Waals surface area contributed by atoms with Crippen LogP contribution >= 0.6 is 11.8 Å². The van der Waals surface area contributed by atoms with Gasteiger partial charge in [0.15, 0.2) is 0 Å². The number of likely N-dealkylation sites (tertiary alicyclic amines) is 1. The SMILES string of the molecule is COC(=O)C1CC(O)CN1Cc1ccc(SC)cc1. The topological polar surface area (TPSA) is 49.8 Å². The quantitative estimate of drug-likeness (QED) is 0.670. The zero-order valence-electron chi connectivity index (χ0n) is 11.2. The summed E-state index contributed by atoms with van der Waals surface area (Å²) in [5.41, 5.74) is 1.14. The number of ether oxygens (including phenoxy) is 1. The molecule has 5 heteroatoms. The second-order valence-corrected chi connectivity index (χ2v) is 5.59. The minimum Gasteiger partial charge on any atom is -0.468 e. The van der Waals surface area contributed by atoms with Crippen molar-refractivity contribution >= 4 is 17.7 Å². The highest BCUT2D eigenvalue weighted by atomic mass is 32.2. The lowest BCUT2D eigenvalue weighted by atomic mass is 10.2. The molecule has 0 bridgehead atoms. The number of aliphatic hydroxyl groups excluding tert-OH is 1. The number of esters is 1. The Hall–Kier alpha value is -1.04. The Balaban J connectivity index is 2.05. The van der Waals surface area contributed by atoms with Crippen LogP contribution in [-0.2, 0) is 16.1 Å². The molecule has 0 saturated carbocycles. The number of carbonyl (C=O) groups excluding carboxylic acids is 1. The molecule has 0 amide bonds. The number of methoxy groups -OCH3 is 1. The van der Waals surface area contributed by atoms with Crippen molar-refractivity contribution in [3.63, 3.8) is 0 Å². The maximum atomic E-state index is 11.7. The van der Waals surface area contributed by atoms with E-state index in [1.807, 2.05) is 11.2 Å². The molecule has 1 aromatic carbocycles. The number of nitrogens with zero attached hydrogens (tertiary/aromatic N) is 1. The van der Waals surface area contributed by atoms with Gasteiger partial charge in [-0.05, 0) is 24.0 Å². The minimum absolute atomic E-state index is 0.266. The van der Waals surface area contributed by atoms with Crippen molar-refractivity contribution in [2.45, 2.75) is 30.0 Å². The molecule has 2 rings (SSSR count). The molecule has 1 aliphatic heterocycles. The highest BCUT2D eigenvalue weighted by Crippen LogP contribution is 2.22. The smallest absolute Gasteiger partial charge is 0.323 e. The van der Waals surface area contributed by atoms with Crippen LogP contribution in [0.15, 0.2) is 29.2 Å². The summed E-state index contributed by atoms with van der Waals surface area (Å²) in [4.78, 5) is 14.9. The summed E-state index contributed by atoms with van der Waals surface area (Å²) in [5, 5.41) is 9.72. The van der Waals surface area contributed by atoms with E-state index in [9.17, 15) is 9.90 Å². The van der Waals surface area contributed by atoms with Gasteiger partial charge in [0.25, 0.3) is 0 Å². The Morgan fingerprint density at radius 2 is 2.16 bits per heavy atom. The van der Waals surface area contributed by atoms with Crippen LogP contribution in [0.5, 0.6) is 0 Å². The number of aliphatic hydroxyl groups is 1. The summed E-state index contributed by atoms with van der Waals surface area (Å²) in [6.07, 6.45) is 2.05. The van der Waals surface area contributed by atoms with Crippen molar-refractivity contribution in [1.29, 1.82) is 0 Å². The van der Waals surface area contributed by atoms with E-state index in [0.29, 0.717) is 19.5 Å². The van der Waals surface area contributed by atoms with Gasteiger partial charge in [-0.2, -0.15) is 0 Å². The van der Waals surface area contributed by atoms with E-state index in [1.54, 1.807) is 11.8 Å². The molecular formula is C14H19NO3S. The van der Waals surface area contributed by atoms with Crippen LogP contribution in [0.2, 0.25) is 0 Å². The van der Waals surface area contributed by atoms with Crippen LogP contribution in [0.25, 0.3) is 0 Å². The van der Waals surface area contributed by atoms with Gasteiger partial charge in [-0.25, -0.2) is 0 Å². The maximum absolute atomic E-state index is 11.7. The van der Waals surface area contributed by atoms with Crippen molar-refractivity contribution in [2.24, 2.45) is 0 Å². The predicted octanol–water partition coefficient (Wildman–Crippen LogP) is 1.52. The molecule has 104 valence electrons. The van der Waals surface area contributed by atoms with Crippen LogP contribution in [0.1, 0.15) is 12.0 Å². The molecule has 19 heavy (non-hydrogen) atoms. The molecule has 1 aliphatic rings. The number of carbonyl (C=O) groups is 1.